The zero-order chi connectivity index (χ0) is 29.1. The third kappa shape index (κ3) is 6.04. The molecule has 1 aliphatic rings. The van der Waals surface area contributed by atoms with Gasteiger partial charge in [-0.05, 0) is 56.7 Å². The van der Waals surface area contributed by atoms with Crippen LogP contribution in [0.1, 0.15) is 59.3 Å². The lowest BCUT2D eigenvalue weighted by Gasteiger charge is -2.19. The molecule has 2 amide bonds. The average Bonchev–Trinajstić information content (AvgIpc) is 3.33. The van der Waals surface area contributed by atoms with E-state index < -0.39 is 29.5 Å². The maximum Gasteiger partial charge on any atom is 0.340 e. The van der Waals surface area contributed by atoms with Gasteiger partial charge in [0.2, 0.25) is 11.8 Å². The Kier molecular flexibility index (Phi) is 8.23. The monoisotopic (exact) mass is 558 g/mol. The minimum Gasteiger partial charge on any atom is -0.481 e. The lowest BCUT2D eigenvalue weighted by Crippen LogP contribution is -2.49. The molecule has 1 aliphatic carbocycles. The molecule has 0 bridgehead atoms. The van der Waals surface area contributed by atoms with E-state index in [2.05, 4.69) is 10.6 Å². The molecule has 9 heteroatoms. The van der Waals surface area contributed by atoms with Crippen LogP contribution in [0, 0.1) is 13.8 Å². The molecule has 0 unspecified atom stereocenters. The zero-order valence-electron chi connectivity index (χ0n) is 23.3. The van der Waals surface area contributed by atoms with Crippen molar-refractivity contribution in [1.29, 1.82) is 0 Å². The number of hydrogen-bond acceptors (Lipinski definition) is 6. The Morgan fingerprint density at radius 1 is 0.976 bits per heavy atom. The second kappa shape index (κ2) is 12.0. The normalized spacial score (nSPS) is 13.6. The Morgan fingerprint density at radius 2 is 1.71 bits per heavy atom. The van der Waals surface area contributed by atoms with Crippen LogP contribution in [0.5, 0.6) is 0 Å². The molecule has 0 aliphatic heterocycles. The van der Waals surface area contributed by atoms with Crippen molar-refractivity contribution in [2.24, 2.45) is 0 Å². The molecule has 4 aromatic rings. The number of carbonyl (C=O) groups excluding carboxylic acids is 2. The van der Waals surface area contributed by atoms with Gasteiger partial charge in [0.1, 0.15) is 23.0 Å². The summed E-state index contributed by atoms with van der Waals surface area (Å²) in [5.74, 6) is -0.853. The fourth-order valence-corrected chi connectivity index (χ4v) is 5.66. The fourth-order valence-electron chi connectivity index (χ4n) is 5.66. The van der Waals surface area contributed by atoms with Gasteiger partial charge in [-0.1, -0.05) is 30.3 Å². The number of fused-ring (bicyclic) bond motifs is 4. The number of hydrogen-bond donors (Lipinski definition) is 3. The Hall–Kier alpha value is -4.40. The van der Waals surface area contributed by atoms with Gasteiger partial charge in [-0.15, -0.1) is 0 Å². The SMILES string of the molecule is Cc1c(CC(=O)N[C@@H](Cc2ccccc2)C(=O)NCCCC(=O)O)c(=O)oc2c(C)c3oc4c(c3cc12)CCCC4. The van der Waals surface area contributed by atoms with Crippen LogP contribution in [0.4, 0.5) is 0 Å². The third-order valence-corrected chi connectivity index (χ3v) is 7.86. The predicted octanol–water partition coefficient (Wildman–Crippen LogP) is 4.29. The number of rotatable bonds is 10. The summed E-state index contributed by atoms with van der Waals surface area (Å²) in [6, 6.07) is 10.4. The van der Waals surface area contributed by atoms with Crippen LogP contribution in [0.2, 0.25) is 0 Å². The Labute approximate surface area is 236 Å². The number of benzene rings is 2. The average molecular weight is 559 g/mol. The first-order chi connectivity index (χ1) is 19.7. The smallest absolute Gasteiger partial charge is 0.340 e. The number of aryl methyl sites for hydroxylation is 4. The standard InChI is InChI=1S/C32H34N2O7/c1-18-22-16-24-21-11-6-7-12-26(21)40-30(24)19(2)29(22)41-32(39)23(18)17-27(35)34-25(15-20-9-4-3-5-10-20)31(38)33-14-8-13-28(36)37/h3-5,9-10,16,25H,6-8,11-15,17H2,1-2H3,(H,33,38)(H,34,35)(H,36,37)/t25-/m0/s1. The summed E-state index contributed by atoms with van der Waals surface area (Å²) in [5, 5.41) is 16.1. The maximum absolute atomic E-state index is 13.2. The summed E-state index contributed by atoms with van der Waals surface area (Å²) in [7, 11) is 0. The summed E-state index contributed by atoms with van der Waals surface area (Å²) < 4.78 is 11.9. The molecular weight excluding hydrogens is 524 g/mol. The van der Waals surface area contributed by atoms with Crippen LogP contribution in [0.25, 0.3) is 21.9 Å². The number of carbonyl (C=O) groups is 3. The Morgan fingerprint density at radius 3 is 2.46 bits per heavy atom. The van der Waals surface area contributed by atoms with E-state index in [1.165, 1.54) is 5.56 Å². The molecule has 2 aromatic heterocycles. The van der Waals surface area contributed by atoms with E-state index in [1.807, 2.05) is 50.2 Å². The molecule has 0 saturated carbocycles. The van der Waals surface area contributed by atoms with Gasteiger partial charge in [0, 0.05) is 47.7 Å². The van der Waals surface area contributed by atoms with Crippen molar-refractivity contribution in [3.63, 3.8) is 0 Å². The van der Waals surface area contributed by atoms with Gasteiger partial charge in [-0.2, -0.15) is 0 Å². The van der Waals surface area contributed by atoms with Crippen molar-refractivity contribution in [3.8, 4) is 0 Å². The van der Waals surface area contributed by atoms with Gasteiger partial charge in [0.15, 0.2) is 0 Å². The number of furan rings is 1. The first-order valence-corrected chi connectivity index (χ1v) is 14.1. The number of nitrogens with one attached hydrogen (secondary N) is 2. The van der Waals surface area contributed by atoms with Gasteiger partial charge in [0.25, 0.3) is 0 Å². The van der Waals surface area contributed by atoms with E-state index in [-0.39, 0.29) is 37.8 Å². The van der Waals surface area contributed by atoms with E-state index in [1.54, 1.807) is 0 Å². The summed E-state index contributed by atoms with van der Waals surface area (Å²) in [4.78, 5) is 50.1. The van der Waals surface area contributed by atoms with Gasteiger partial charge in [-0.25, -0.2) is 4.79 Å². The highest BCUT2D eigenvalue weighted by atomic mass is 16.4. The van der Waals surface area contributed by atoms with Gasteiger partial charge >= 0.3 is 11.6 Å². The minimum atomic E-state index is -0.943. The molecule has 0 saturated heterocycles. The van der Waals surface area contributed by atoms with Crippen LogP contribution in [0.3, 0.4) is 0 Å². The minimum absolute atomic E-state index is 0.0690. The molecule has 1 atom stereocenters. The lowest BCUT2D eigenvalue weighted by molar-refractivity contribution is -0.137. The quantitative estimate of drug-likeness (QED) is 0.195. The van der Waals surface area contributed by atoms with Gasteiger partial charge in [-0.3, -0.25) is 14.4 Å². The second-order valence-electron chi connectivity index (χ2n) is 10.7. The molecule has 9 nitrogen and oxygen atoms in total. The van der Waals surface area contributed by atoms with Crippen molar-refractivity contribution in [2.45, 2.75) is 71.3 Å². The van der Waals surface area contributed by atoms with Gasteiger partial charge < -0.3 is 24.6 Å². The summed E-state index contributed by atoms with van der Waals surface area (Å²) in [6.45, 7) is 3.87. The largest absolute Gasteiger partial charge is 0.481 e. The van der Waals surface area contributed by atoms with Crippen molar-refractivity contribution in [1.82, 2.24) is 10.6 Å². The molecule has 2 aromatic carbocycles. The lowest BCUT2D eigenvalue weighted by atomic mass is 9.93. The van der Waals surface area contributed by atoms with E-state index >= 15 is 0 Å². The molecule has 2 heterocycles. The molecule has 0 fully saturated rings. The van der Waals surface area contributed by atoms with Crippen LogP contribution in [-0.4, -0.2) is 35.5 Å². The highest BCUT2D eigenvalue weighted by Crippen LogP contribution is 2.37. The number of carboxylic acid groups (broad SMARTS) is 1. The molecule has 3 N–H and O–H groups in total. The van der Waals surface area contributed by atoms with Crippen molar-refractivity contribution in [3.05, 3.63) is 80.4 Å². The fraction of sp³-hybridized carbons (Fsp3) is 0.375. The summed E-state index contributed by atoms with van der Waals surface area (Å²) in [5.41, 5.74) is 4.34. The number of aliphatic carboxylic acids is 1. The van der Waals surface area contributed by atoms with E-state index in [0.29, 0.717) is 11.1 Å². The van der Waals surface area contributed by atoms with Gasteiger partial charge in [0.05, 0.1) is 12.0 Å². The first-order valence-electron chi connectivity index (χ1n) is 14.1. The first kappa shape index (κ1) is 28.1. The summed E-state index contributed by atoms with van der Waals surface area (Å²) >= 11 is 0. The number of carboxylic acids is 1. The third-order valence-electron chi connectivity index (χ3n) is 7.86. The van der Waals surface area contributed by atoms with E-state index in [4.69, 9.17) is 13.9 Å². The van der Waals surface area contributed by atoms with Crippen molar-refractivity contribution in [2.75, 3.05) is 6.54 Å². The Balaban J connectivity index is 1.40. The van der Waals surface area contributed by atoms with Crippen LogP contribution >= 0.6 is 0 Å². The topological polar surface area (TPSA) is 139 Å². The highest BCUT2D eigenvalue weighted by molar-refractivity contribution is 6.00. The van der Waals surface area contributed by atoms with Crippen molar-refractivity contribution >= 4 is 39.7 Å². The van der Waals surface area contributed by atoms with Crippen LogP contribution in [-0.2, 0) is 40.1 Å². The van der Waals surface area contributed by atoms with E-state index in [9.17, 15) is 19.2 Å². The number of amides is 2. The molecule has 214 valence electrons. The predicted molar refractivity (Wildman–Crippen MR) is 154 cm³/mol. The second-order valence-corrected chi connectivity index (χ2v) is 10.7. The molecule has 41 heavy (non-hydrogen) atoms. The highest BCUT2D eigenvalue weighted by Gasteiger charge is 2.25. The molecule has 0 spiro atoms. The van der Waals surface area contributed by atoms with E-state index in [0.717, 1.165) is 58.9 Å². The van der Waals surface area contributed by atoms with Crippen LogP contribution < -0.4 is 16.3 Å². The van der Waals surface area contributed by atoms with Crippen LogP contribution in [0.15, 0.2) is 50.0 Å². The molecule has 5 rings (SSSR count). The molecule has 0 radical (unpaired) electrons. The Bertz CT molecular complexity index is 1680. The maximum atomic E-state index is 13.2. The zero-order valence-corrected chi connectivity index (χ0v) is 23.3. The molecular formula is C32H34N2O7. The van der Waals surface area contributed by atoms with Crippen molar-refractivity contribution < 1.29 is 28.3 Å². The summed E-state index contributed by atoms with van der Waals surface area (Å²) in [6.07, 6.45) is 4.23.